The average molecular weight is 678 g/mol. The van der Waals surface area contributed by atoms with Crippen molar-refractivity contribution in [3.05, 3.63) is 193 Å². The molecule has 1 atom stereocenters. The van der Waals surface area contributed by atoms with E-state index >= 15 is 0 Å². The molecule has 53 heavy (non-hydrogen) atoms. The molecule has 0 spiro atoms. The first-order valence-corrected chi connectivity index (χ1v) is 18.0. The molecule has 0 aliphatic carbocycles. The zero-order chi connectivity index (χ0) is 34.9. The molecule has 1 N–H and O–H groups in total. The van der Waals surface area contributed by atoms with Crippen molar-refractivity contribution in [2.75, 3.05) is 0 Å². The topological polar surface area (TPSA) is 49.9 Å². The molecule has 2 heterocycles. The second-order valence-corrected chi connectivity index (χ2v) is 13.8. The molecule has 10 aromatic rings. The highest BCUT2D eigenvalue weighted by molar-refractivity contribution is 6.27. The molecular weight excluding hydrogens is 647 g/mol. The fourth-order valence-corrected chi connectivity index (χ4v) is 8.14. The maximum absolute atomic E-state index is 6.50. The second kappa shape index (κ2) is 11.8. The summed E-state index contributed by atoms with van der Waals surface area (Å²) in [4.78, 5) is 11.0. The van der Waals surface area contributed by atoms with Gasteiger partial charge in [0.2, 0.25) is 0 Å². The molecule has 11 rings (SSSR count). The van der Waals surface area contributed by atoms with Crippen LogP contribution >= 0.6 is 0 Å². The van der Waals surface area contributed by atoms with Gasteiger partial charge in [-0.1, -0.05) is 140 Å². The van der Waals surface area contributed by atoms with Gasteiger partial charge < -0.3 is 9.73 Å². The normalized spacial score (nSPS) is 14.6. The smallest absolute Gasteiger partial charge is 0.160 e. The third-order valence-corrected chi connectivity index (χ3v) is 10.7. The van der Waals surface area contributed by atoms with Gasteiger partial charge in [0.25, 0.3) is 0 Å². The Morgan fingerprint density at radius 2 is 1.09 bits per heavy atom. The minimum atomic E-state index is -0.398. The highest BCUT2D eigenvalue weighted by Gasteiger charge is 2.27. The fraction of sp³-hybridized carbons (Fsp3) is 0.0204. The lowest BCUT2D eigenvalue weighted by molar-refractivity contribution is 0.668. The fourth-order valence-electron chi connectivity index (χ4n) is 8.14. The van der Waals surface area contributed by atoms with Gasteiger partial charge in [0, 0.05) is 21.9 Å². The Morgan fingerprint density at radius 1 is 0.453 bits per heavy atom. The van der Waals surface area contributed by atoms with Crippen molar-refractivity contribution in [2.45, 2.75) is 6.17 Å². The Kier molecular flexibility index (Phi) is 6.58. The zero-order valence-corrected chi connectivity index (χ0v) is 28.6. The lowest BCUT2D eigenvalue weighted by Crippen LogP contribution is -2.34. The van der Waals surface area contributed by atoms with Gasteiger partial charge in [0.15, 0.2) is 5.84 Å². The van der Waals surface area contributed by atoms with Crippen LogP contribution in [0.3, 0.4) is 0 Å². The number of para-hydroxylation sites is 1. The third-order valence-electron chi connectivity index (χ3n) is 10.7. The summed E-state index contributed by atoms with van der Waals surface area (Å²) >= 11 is 0. The van der Waals surface area contributed by atoms with Crippen LogP contribution in [0.25, 0.3) is 76.2 Å². The van der Waals surface area contributed by atoms with Crippen LogP contribution in [0.1, 0.15) is 22.9 Å². The van der Waals surface area contributed by atoms with Crippen molar-refractivity contribution in [1.29, 1.82) is 0 Å². The molecule has 0 fully saturated rings. The monoisotopic (exact) mass is 677 g/mol. The summed E-state index contributed by atoms with van der Waals surface area (Å²) in [5, 5.41) is 15.3. The summed E-state index contributed by atoms with van der Waals surface area (Å²) in [6.07, 6.45) is -0.398. The SMILES string of the molecule is c1ccc2cc(-c3ccc4oc5ccccc5c4c3C3=NC(c4ccc5ccccc5c4)NC(c4cc5ccccc5c5ccccc45)=N3)ccc2c1. The van der Waals surface area contributed by atoms with Crippen LogP contribution in [0.15, 0.2) is 190 Å². The molecule has 9 aromatic carbocycles. The van der Waals surface area contributed by atoms with Gasteiger partial charge in [-0.05, 0) is 96.2 Å². The summed E-state index contributed by atoms with van der Waals surface area (Å²) in [5.41, 5.74) is 6.86. The number of fused-ring (bicyclic) bond motifs is 8. The van der Waals surface area contributed by atoms with E-state index in [2.05, 4.69) is 169 Å². The maximum atomic E-state index is 6.50. The number of aliphatic imine (C=N–C) groups is 2. The summed E-state index contributed by atoms with van der Waals surface area (Å²) < 4.78 is 6.50. The van der Waals surface area contributed by atoms with Gasteiger partial charge in [-0.3, -0.25) is 0 Å². The molecular formula is C49H31N3O. The highest BCUT2D eigenvalue weighted by Crippen LogP contribution is 2.40. The van der Waals surface area contributed by atoms with E-state index in [4.69, 9.17) is 14.4 Å². The minimum absolute atomic E-state index is 0.398. The summed E-state index contributed by atoms with van der Waals surface area (Å²) in [7, 11) is 0. The van der Waals surface area contributed by atoms with Crippen molar-refractivity contribution in [1.82, 2.24) is 5.32 Å². The predicted molar refractivity (Wildman–Crippen MR) is 221 cm³/mol. The summed E-state index contributed by atoms with van der Waals surface area (Å²) in [6, 6.07) is 62.3. The number of nitrogens with one attached hydrogen (secondary N) is 1. The van der Waals surface area contributed by atoms with Crippen LogP contribution in [0, 0.1) is 0 Å². The molecule has 1 aliphatic heterocycles. The molecule has 1 unspecified atom stereocenters. The largest absolute Gasteiger partial charge is 0.456 e. The number of nitrogens with zero attached hydrogens (tertiary/aromatic N) is 2. The van der Waals surface area contributed by atoms with Crippen molar-refractivity contribution in [2.24, 2.45) is 9.98 Å². The Morgan fingerprint density at radius 3 is 1.91 bits per heavy atom. The van der Waals surface area contributed by atoms with E-state index in [0.29, 0.717) is 5.84 Å². The van der Waals surface area contributed by atoms with Crippen LogP contribution < -0.4 is 5.32 Å². The van der Waals surface area contributed by atoms with E-state index in [1.807, 2.05) is 12.1 Å². The average Bonchev–Trinajstić information content (AvgIpc) is 3.61. The van der Waals surface area contributed by atoms with Crippen molar-refractivity contribution < 1.29 is 4.42 Å². The quantitative estimate of drug-likeness (QED) is 0.189. The van der Waals surface area contributed by atoms with Crippen molar-refractivity contribution in [3.63, 3.8) is 0 Å². The Labute approximate surface area is 305 Å². The van der Waals surface area contributed by atoms with Crippen LogP contribution in [-0.4, -0.2) is 11.7 Å². The van der Waals surface area contributed by atoms with Crippen LogP contribution in [0.5, 0.6) is 0 Å². The third kappa shape index (κ3) is 4.84. The van der Waals surface area contributed by atoms with Gasteiger partial charge >= 0.3 is 0 Å². The Bertz CT molecular complexity index is 3170. The molecule has 0 amide bonds. The lowest BCUT2D eigenvalue weighted by atomic mass is 9.92. The number of benzene rings is 9. The zero-order valence-electron chi connectivity index (χ0n) is 28.6. The molecule has 0 saturated heterocycles. The first-order chi connectivity index (χ1) is 26.2. The minimum Gasteiger partial charge on any atom is -0.456 e. The van der Waals surface area contributed by atoms with Crippen LogP contribution in [-0.2, 0) is 0 Å². The lowest BCUT2D eigenvalue weighted by Gasteiger charge is -2.26. The molecule has 1 aliphatic rings. The highest BCUT2D eigenvalue weighted by atomic mass is 16.3. The Hall–Kier alpha value is -7.04. The molecule has 0 bridgehead atoms. The van der Waals surface area contributed by atoms with Crippen LogP contribution in [0.2, 0.25) is 0 Å². The van der Waals surface area contributed by atoms with Gasteiger partial charge in [-0.25, -0.2) is 9.98 Å². The molecule has 4 heteroatoms. The van der Waals surface area contributed by atoms with Crippen molar-refractivity contribution >= 4 is 76.7 Å². The summed E-state index contributed by atoms with van der Waals surface area (Å²) in [5.74, 6) is 1.44. The number of rotatable bonds is 4. The Balaban J connectivity index is 1.22. The first-order valence-electron chi connectivity index (χ1n) is 18.0. The molecule has 1 aromatic heterocycles. The van der Waals surface area contributed by atoms with Crippen molar-refractivity contribution in [3.8, 4) is 11.1 Å². The van der Waals surface area contributed by atoms with E-state index in [9.17, 15) is 0 Å². The van der Waals surface area contributed by atoms with E-state index in [0.717, 1.165) is 66.4 Å². The standard InChI is InChI=1S/C49H31N3O/c1-3-13-32-27-35(23-21-30(32)11-1)38-25-26-44-45(41-19-9-10-20-43(41)53-44)46(38)49-51-47(36-24-22-31-12-2-4-14-33(31)28-36)50-48(52-49)42-29-34-15-5-6-16-37(34)39-17-7-8-18-40(39)42/h1-29,47H,(H,50,51,52). The van der Waals surface area contributed by atoms with E-state index in [1.54, 1.807) is 0 Å². The molecule has 0 radical (unpaired) electrons. The van der Waals surface area contributed by atoms with Crippen LogP contribution in [0.4, 0.5) is 0 Å². The number of furan rings is 1. The molecule has 0 saturated carbocycles. The van der Waals surface area contributed by atoms with Gasteiger partial charge in [-0.2, -0.15) is 0 Å². The number of hydrogen-bond donors (Lipinski definition) is 1. The van der Waals surface area contributed by atoms with E-state index < -0.39 is 6.17 Å². The molecule has 248 valence electrons. The second-order valence-electron chi connectivity index (χ2n) is 13.8. The first kappa shape index (κ1) is 29.7. The van der Waals surface area contributed by atoms with E-state index in [-0.39, 0.29) is 0 Å². The predicted octanol–water partition coefficient (Wildman–Crippen LogP) is 12.4. The number of hydrogen-bond acceptors (Lipinski definition) is 4. The van der Waals surface area contributed by atoms with E-state index in [1.165, 1.54) is 32.3 Å². The number of amidine groups is 2. The van der Waals surface area contributed by atoms with Gasteiger partial charge in [0.05, 0.1) is 0 Å². The van der Waals surface area contributed by atoms with Gasteiger partial charge in [-0.15, -0.1) is 0 Å². The van der Waals surface area contributed by atoms with Gasteiger partial charge in [0.1, 0.15) is 23.2 Å². The molecule has 4 nitrogen and oxygen atoms in total. The summed E-state index contributed by atoms with van der Waals surface area (Å²) in [6.45, 7) is 0. The maximum Gasteiger partial charge on any atom is 0.160 e.